The highest BCUT2D eigenvalue weighted by Crippen LogP contribution is 2.26. The molecule has 9 nitrogen and oxygen atoms in total. The van der Waals surface area contributed by atoms with Crippen molar-refractivity contribution in [2.24, 2.45) is 5.73 Å². The molecule has 2 N–H and O–H groups in total. The molecular formula is C24H28N6O3. The summed E-state index contributed by atoms with van der Waals surface area (Å²) < 4.78 is 12.3. The summed E-state index contributed by atoms with van der Waals surface area (Å²) in [5.41, 5.74) is 8.13. The van der Waals surface area contributed by atoms with Crippen LogP contribution < -0.4 is 16.0 Å². The quantitative estimate of drug-likeness (QED) is 0.394. The van der Waals surface area contributed by atoms with Crippen molar-refractivity contribution in [3.05, 3.63) is 82.4 Å². The number of benzene rings is 1. The standard InChI is InChI=1S/C24H28N6O3/c1-3-20(29(11-10-25)15-18-13-26-24(32-2)27-14-18)21-28-22-19(9-12-33-22)23(31)30(21)16-17-7-5-4-6-8-17/h4-9,12-14,20H,3,10-11,15-16,25H2,1-2H3. The van der Waals surface area contributed by atoms with Gasteiger partial charge in [-0.3, -0.25) is 14.3 Å². The summed E-state index contributed by atoms with van der Waals surface area (Å²) >= 11 is 0. The van der Waals surface area contributed by atoms with Crippen LogP contribution in [0.1, 0.15) is 36.3 Å². The van der Waals surface area contributed by atoms with Gasteiger partial charge in [0.25, 0.3) is 5.56 Å². The smallest absolute Gasteiger partial charge is 0.316 e. The molecule has 0 fully saturated rings. The van der Waals surface area contributed by atoms with Crippen LogP contribution in [0.4, 0.5) is 0 Å². The molecule has 0 bridgehead atoms. The van der Waals surface area contributed by atoms with Gasteiger partial charge in [-0.15, -0.1) is 0 Å². The molecule has 172 valence electrons. The molecule has 0 spiro atoms. The molecule has 0 saturated heterocycles. The van der Waals surface area contributed by atoms with Crippen LogP contribution in [0, 0.1) is 0 Å². The van der Waals surface area contributed by atoms with Crippen LogP contribution in [-0.4, -0.2) is 44.6 Å². The highest BCUT2D eigenvalue weighted by Gasteiger charge is 2.26. The van der Waals surface area contributed by atoms with Crippen LogP contribution in [-0.2, 0) is 13.1 Å². The SMILES string of the molecule is CCC(c1nc2occc2c(=O)n1Cc1ccccc1)N(CCN)Cc1cnc(OC)nc1. The minimum atomic E-state index is -0.165. The van der Waals surface area contributed by atoms with Gasteiger partial charge in [0.05, 0.1) is 26.0 Å². The van der Waals surface area contributed by atoms with Gasteiger partial charge in [-0.1, -0.05) is 37.3 Å². The van der Waals surface area contributed by atoms with E-state index >= 15 is 0 Å². The fourth-order valence-corrected chi connectivity index (χ4v) is 4.02. The second-order valence-electron chi connectivity index (χ2n) is 7.75. The first-order chi connectivity index (χ1) is 16.1. The lowest BCUT2D eigenvalue weighted by Crippen LogP contribution is -2.37. The Bertz CT molecular complexity index is 1240. The summed E-state index contributed by atoms with van der Waals surface area (Å²) in [6.07, 6.45) is 5.71. The molecule has 3 aromatic heterocycles. The number of nitrogens with two attached hydrogens (primary N) is 1. The van der Waals surface area contributed by atoms with E-state index in [1.54, 1.807) is 23.0 Å². The molecule has 0 radical (unpaired) electrons. The van der Waals surface area contributed by atoms with E-state index in [4.69, 9.17) is 19.9 Å². The Labute approximate surface area is 191 Å². The van der Waals surface area contributed by atoms with Gasteiger partial charge in [-0.2, -0.15) is 4.98 Å². The predicted octanol–water partition coefficient (Wildman–Crippen LogP) is 2.75. The Hall–Kier alpha value is -3.56. The van der Waals surface area contributed by atoms with Crippen molar-refractivity contribution in [3.8, 4) is 6.01 Å². The molecule has 4 aromatic rings. The van der Waals surface area contributed by atoms with E-state index in [1.165, 1.54) is 13.4 Å². The maximum Gasteiger partial charge on any atom is 0.316 e. The monoisotopic (exact) mass is 448 g/mol. The van der Waals surface area contributed by atoms with E-state index in [2.05, 4.69) is 21.8 Å². The summed E-state index contributed by atoms with van der Waals surface area (Å²) in [7, 11) is 1.53. The average molecular weight is 449 g/mol. The highest BCUT2D eigenvalue weighted by atomic mass is 16.5. The number of ether oxygens (including phenoxy) is 1. The molecule has 0 amide bonds. The van der Waals surface area contributed by atoms with E-state index in [0.717, 1.165) is 17.5 Å². The second kappa shape index (κ2) is 10.4. The lowest BCUT2D eigenvalue weighted by atomic mass is 10.1. The zero-order chi connectivity index (χ0) is 23.2. The van der Waals surface area contributed by atoms with E-state index in [1.807, 2.05) is 30.3 Å². The molecule has 1 aromatic carbocycles. The molecule has 3 heterocycles. The third kappa shape index (κ3) is 4.94. The van der Waals surface area contributed by atoms with E-state index in [0.29, 0.717) is 49.1 Å². The zero-order valence-electron chi connectivity index (χ0n) is 18.8. The number of hydrogen-bond donors (Lipinski definition) is 1. The van der Waals surface area contributed by atoms with Gasteiger partial charge in [0.1, 0.15) is 11.2 Å². The van der Waals surface area contributed by atoms with E-state index in [9.17, 15) is 4.79 Å². The van der Waals surface area contributed by atoms with Crippen LogP contribution >= 0.6 is 0 Å². The molecule has 0 aliphatic carbocycles. The van der Waals surface area contributed by atoms with Crippen LogP contribution in [0.15, 0.2) is 64.3 Å². The van der Waals surface area contributed by atoms with Crippen molar-refractivity contribution in [3.63, 3.8) is 0 Å². The van der Waals surface area contributed by atoms with Gasteiger partial charge in [0.2, 0.25) is 5.71 Å². The molecular weight excluding hydrogens is 420 g/mol. The molecule has 4 rings (SSSR count). The Balaban J connectivity index is 1.76. The van der Waals surface area contributed by atoms with Crippen molar-refractivity contribution in [1.29, 1.82) is 0 Å². The first-order valence-electron chi connectivity index (χ1n) is 11.0. The first kappa shape index (κ1) is 22.6. The highest BCUT2D eigenvalue weighted by molar-refractivity contribution is 5.71. The van der Waals surface area contributed by atoms with Crippen molar-refractivity contribution >= 4 is 11.1 Å². The second-order valence-corrected chi connectivity index (χ2v) is 7.75. The molecule has 9 heteroatoms. The summed E-state index contributed by atoms with van der Waals surface area (Å²) in [5, 5.41) is 0.471. The number of methoxy groups -OCH3 is 1. The fraction of sp³-hybridized carbons (Fsp3) is 0.333. The van der Waals surface area contributed by atoms with Crippen molar-refractivity contribution < 1.29 is 9.15 Å². The average Bonchev–Trinajstić information content (AvgIpc) is 3.32. The molecule has 33 heavy (non-hydrogen) atoms. The topological polar surface area (TPSA) is 112 Å². The zero-order valence-corrected chi connectivity index (χ0v) is 18.8. The maximum atomic E-state index is 13.4. The van der Waals surface area contributed by atoms with Gasteiger partial charge in [0, 0.05) is 37.6 Å². The minimum absolute atomic E-state index is 0.119. The Morgan fingerprint density at radius 3 is 2.58 bits per heavy atom. The van der Waals surface area contributed by atoms with Crippen molar-refractivity contribution in [2.75, 3.05) is 20.2 Å². The van der Waals surface area contributed by atoms with Crippen LogP contribution in [0.3, 0.4) is 0 Å². The van der Waals surface area contributed by atoms with E-state index < -0.39 is 0 Å². The number of fused-ring (bicyclic) bond motifs is 1. The summed E-state index contributed by atoms with van der Waals surface area (Å²) in [6.45, 7) is 4.12. The van der Waals surface area contributed by atoms with Gasteiger partial charge in [-0.05, 0) is 18.1 Å². The summed E-state index contributed by atoms with van der Waals surface area (Å²) in [6, 6.07) is 11.7. The largest absolute Gasteiger partial charge is 0.467 e. The normalized spacial score (nSPS) is 12.4. The third-order valence-corrected chi connectivity index (χ3v) is 5.59. The number of nitrogens with zero attached hydrogens (tertiary/aromatic N) is 5. The Kier molecular flexibility index (Phi) is 7.11. The van der Waals surface area contributed by atoms with Crippen LogP contribution in [0.25, 0.3) is 11.1 Å². The Morgan fingerprint density at radius 1 is 1.15 bits per heavy atom. The molecule has 0 aliphatic rings. The molecule has 1 unspecified atom stereocenters. The minimum Gasteiger partial charge on any atom is -0.467 e. The van der Waals surface area contributed by atoms with Crippen LogP contribution in [0.5, 0.6) is 6.01 Å². The lowest BCUT2D eigenvalue weighted by Gasteiger charge is -2.31. The van der Waals surface area contributed by atoms with E-state index in [-0.39, 0.29) is 11.6 Å². The summed E-state index contributed by atoms with van der Waals surface area (Å²) in [4.78, 5) is 28.9. The third-order valence-electron chi connectivity index (χ3n) is 5.59. The predicted molar refractivity (Wildman–Crippen MR) is 125 cm³/mol. The van der Waals surface area contributed by atoms with Gasteiger partial charge in [-0.25, -0.2) is 9.97 Å². The number of hydrogen-bond acceptors (Lipinski definition) is 8. The molecule has 1 atom stereocenters. The van der Waals surface area contributed by atoms with Gasteiger partial charge in [0.15, 0.2) is 0 Å². The fourth-order valence-electron chi connectivity index (χ4n) is 4.02. The van der Waals surface area contributed by atoms with Crippen LogP contribution in [0.2, 0.25) is 0 Å². The molecule has 0 saturated carbocycles. The van der Waals surface area contributed by atoms with Gasteiger partial charge < -0.3 is 14.9 Å². The first-order valence-corrected chi connectivity index (χ1v) is 11.0. The Morgan fingerprint density at radius 2 is 1.91 bits per heavy atom. The number of furan rings is 1. The van der Waals surface area contributed by atoms with Crippen molar-refractivity contribution in [2.45, 2.75) is 32.5 Å². The number of aromatic nitrogens is 4. The van der Waals surface area contributed by atoms with Gasteiger partial charge >= 0.3 is 6.01 Å². The number of rotatable bonds is 10. The maximum absolute atomic E-state index is 13.4. The van der Waals surface area contributed by atoms with Crippen molar-refractivity contribution in [1.82, 2.24) is 24.4 Å². The molecule has 0 aliphatic heterocycles. The lowest BCUT2D eigenvalue weighted by molar-refractivity contribution is 0.175. The summed E-state index contributed by atoms with van der Waals surface area (Å²) in [5.74, 6) is 0.650.